The number of anilines is 2. The number of ketones is 2. The number of carboxylic acids is 2. The van der Waals surface area contributed by atoms with Gasteiger partial charge >= 0.3 is 24.7 Å². The number of piperidine rings is 2. The number of benzene rings is 2. The average molecular weight is 969 g/mol. The summed E-state index contributed by atoms with van der Waals surface area (Å²) in [5.41, 5.74) is 0.860. The second-order valence-corrected chi connectivity index (χ2v) is 17.6. The van der Waals surface area contributed by atoms with Crippen LogP contribution in [-0.2, 0) is 32.0 Å². The molecule has 2 fully saturated rings. The second-order valence-electron chi connectivity index (χ2n) is 15.3. The summed E-state index contributed by atoms with van der Waals surface area (Å²) in [6.45, 7) is 5.51. The summed E-state index contributed by atoms with van der Waals surface area (Å²) in [6.07, 6.45) is -6.06. The minimum absolute atomic E-state index is 0.0649. The molecule has 0 bridgehead atoms. The number of thiophene rings is 2. The normalized spacial score (nSPS) is 16.1. The fourth-order valence-electron chi connectivity index (χ4n) is 7.26. The van der Waals surface area contributed by atoms with Gasteiger partial charge in [0, 0.05) is 33.3 Å². The number of nitrogens with one attached hydrogen (secondary N) is 2. The summed E-state index contributed by atoms with van der Waals surface area (Å²) in [4.78, 5) is 78.8. The maximum absolute atomic E-state index is 13.0. The Morgan fingerprint density at radius 1 is 0.621 bits per heavy atom. The zero-order valence-corrected chi connectivity index (χ0v) is 37.2. The number of aryl methyl sites for hydroxylation is 2. The van der Waals surface area contributed by atoms with Crippen LogP contribution in [0.3, 0.4) is 0 Å². The molecule has 6 rings (SSSR count). The predicted octanol–water partition coefficient (Wildman–Crippen LogP) is 8.35. The molecule has 4 N–H and O–H groups in total. The van der Waals surface area contributed by atoms with Gasteiger partial charge in [-0.3, -0.25) is 38.6 Å². The Hall–Kier alpha value is -5.84. The molecule has 0 radical (unpaired) electrons. The van der Waals surface area contributed by atoms with Crippen LogP contribution < -0.4 is 20.1 Å². The van der Waals surface area contributed by atoms with Crippen LogP contribution in [0, 0.1) is 11.8 Å². The van der Waals surface area contributed by atoms with Gasteiger partial charge in [0.2, 0.25) is 11.8 Å². The molecule has 22 heteroatoms. The number of halogens is 6. The van der Waals surface area contributed by atoms with Gasteiger partial charge in [0.1, 0.15) is 21.5 Å². The maximum atomic E-state index is 13.0. The number of ether oxygens (including phenoxy) is 2. The number of carboxylic acid groups (broad SMARTS) is 2. The highest BCUT2D eigenvalue weighted by Crippen LogP contribution is 2.34. The molecule has 1 atom stereocenters. The molecular formula is C44H46F6N4O10S2. The Morgan fingerprint density at radius 2 is 1.03 bits per heavy atom. The van der Waals surface area contributed by atoms with E-state index < -0.39 is 53.6 Å². The number of carbonyl (C=O) groups excluding carboxylic acids is 4. The number of likely N-dealkylation sites (tertiary alicyclic amines) is 2. The standard InChI is InChI=1S/2C22H23F3N2O5S/c1-2-16-11-17(19(30)13-3-5-15(6-4-13)32-22(23,24)25)21(33-16)26-20(31)14-7-9-27(10-8-14)12-18(28)29;1-2-16-10-17(19(30)13-5-7-15(8-6-13)32-22(23,24)25)21(33-16)26-20(31)14-4-3-9-27(11-14)12-18(28)29/h3-6,11,14H,2,7-10,12H2,1H3,(H,26,31)(H,28,29);5-8,10,14H,2-4,9,11-12H2,1H3,(H,26,31)(H,28,29). The fourth-order valence-corrected chi connectivity index (χ4v) is 9.25. The number of hydrogen-bond acceptors (Lipinski definition) is 12. The first-order chi connectivity index (χ1) is 31.1. The Labute approximate surface area is 382 Å². The molecule has 66 heavy (non-hydrogen) atoms. The summed E-state index contributed by atoms with van der Waals surface area (Å²) < 4.78 is 81.8. The van der Waals surface area contributed by atoms with Crippen molar-refractivity contribution in [2.24, 2.45) is 11.8 Å². The van der Waals surface area contributed by atoms with Gasteiger partial charge in [-0.25, -0.2) is 0 Å². The Kier molecular flexibility index (Phi) is 17.5. The van der Waals surface area contributed by atoms with E-state index in [1.165, 1.54) is 46.9 Å². The van der Waals surface area contributed by atoms with E-state index in [4.69, 9.17) is 10.2 Å². The first-order valence-electron chi connectivity index (χ1n) is 20.7. The maximum Gasteiger partial charge on any atom is 0.573 e. The smallest absolute Gasteiger partial charge is 0.480 e. The third-order valence-corrected chi connectivity index (χ3v) is 12.9. The topological polar surface area (TPSA) is 192 Å². The summed E-state index contributed by atoms with van der Waals surface area (Å²) in [6, 6.07) is 12.6. The summed E-state index contributed by atoms with van der Waals surface area (Å²) in [5, 5.41) is 24.3. The lowest BCUT2D eigenvalue weighted by molar-refractivity contribution is -0.275. The number of carbonyl (C=O) groups is 6. The highest BCUT2D eigenvalue weighted by Gasteiger charge is 2.33. The quantitative estimate of drug-likeness (QED) is 0.0621. The first-order valence-corrected chi connectivity index (χ1v) is 22.3. The first kappa shape index (κ1) is 51.1. The van der Waals surface area contributed by atoms with Crippen molar-refractivity contribution in [1.82, 2.24) is 9.80 Å². The van der Waals surface area contributed by atoms with Crippen LogP contribution in [0.2, 0.25) is 0 Å². The number of amides is 2. The molecule has 1 unspecified atom stereocenters. The summed E-state index contributed by atoms with van der Waals surface area (Å²) in [7, 11) is 0. The minimum Gasteiger partial charge on any atom is -0.480 e. The van der Waals surface area contributed by atoms with Crippen molar-refractivity contribution in [2.75, 3.05) is 49.9 Å². The molecule has 4 heterocycles. The fraction of sp³-hybridized carbons (Fsp3) is 0.409. The molecule has 4 aromatic rings. The second kappa shape index (κ2) is 22.6. The molecule has 0 saturated carbocycles. The van der Waals surface area contributed by atoms with Gasteiger partial charge in [-0.05, 0) is 119 Å². The van der Waals surface area contributed by atoms with Gasteiger partial charge in [-0.2, -0.15) is 0 Å². The number of aliphatic carboxylic acids is 2. The number of hydrogen-bond donors (Lipinski definition) is 4. The number of nitrogens with zero attached hydrogens (tertiary/aromatic N) is 2. The Balaban J connectivity index is 0.000000247. The van der Waals surface area contributed by atoms with Crippen molar-refractivity contribution in [3.8, 4) is 11.5 Å². The molecule has 2 aliphatic heterocycles. The molecule has 0 aliphatic carbocycles. The van der Waals surface area contributed by atoms with Crippen LogP contribution in [-0.4, -0.2) is 107 Å². The van der Waals surface area contributed by atoms with Crippen LogP contribution in [0.1, 0.15) is 81.1 Å². The van der Waals surface area contributed by atoms with Gasteiger partial charge in [-0.1, -0.05) is 13.8 Å². The van der Waals surface area contributed by atoms with Gasteiger partial charge in [-0.15, -0.1) is 49.0 Å². The zero-order chi connectivity index (χ0) is 48.3. The van der Waals surface area contributed by atoms with Crippen LogP contribution in [0.25, 0.3) is 0 Å². The van der Waals surface area contributed by atoms with Gasteiger partial charge in [0.25, 0.3) is 0 Å². The lowest BCUT2D eigenvalue weighted by atomic mass is 9.96. The van der Waals surface area contributed by atoms with E-state index >= 15 is 0 Å². The molecule has 2 amide bonds. The van der Waals surface area contributed by atoms with Crippen molar-refractivity contribution in [3.63, 3.8) is 0 Å². The highest BCUT2D eigenvalue weighted by atomic mass is 32.1. The molecule has 2 aliphatic rings. The van der Waals surface area contributed by atoms with E-state index in [9.17, 15) is 55.1 Å². The van der Waals surface area contributed by atoms with E-state index in [1.807, 2.05) is 13.8 Å². The van der Waals surface area contributed by atoms with Crippen LogP contribution in [0.5, 0.6) is 11.5 Å². The van der Waals surface area contributed by atoms with Crippen molar-refractivity contribution in [3.05, 3.63) is 92.7 Å². The molecule has 356 valence electrons. The van der Waals surface area contributed by atoms with Crippen LogP contribution in [0.4, 0.5) is 36.3 Å². The van der Waals surface area contributed by atoms with E-state index in [-0.39, 0.29) is 53.1 Å². The molecule has 2 aromatic carbocycles. The third-order valence-electron chi connectivity index (χ3n) is 10.5. The number of alkyl halides is 6. The Morgan fingerprint density at radius 3 is 1.42 bits per heavy atom. The third kappa shape index (κ3) is 15.1. The minimum atomic E-state index is -4.83. The van der Waals surface area contributed by atoms with Crippen LogP contribution >= 0.6 is 22.7 Å². The highest BCUT2D eigenvalue weighted by molar-refractivity contribution is 7.17. The van der Waals surface area contributed by atoms with Crippen LogP contribution in [0.15, 0.2) is 60.7 Å². The lowest BCUT2D eigenvalue weighted by Gasteiger charge is -2.30. The SMILES string of the molecule is CCc1cc(C(=O)c2ccc(OC(F)(F)F)cc2)c(NC(=O)C2CCCN(CC(=O)O)C2)s1.CCc1cc(C(=O)c2ccc(OC(F)(F)F)cc2)c(NC(=O)C2CCN(CC(=O)O)CC2)s1. The van der Waals surface area contributed by atoms with Gasteiger partial charge in [0.05, 0.1) is 30.1 Å². The van der Waals surface area contributed by atoms with Gasteiger partial charge in [0.15, 0.2) is 11.6 Å². The summed E-state index contributed by atoms with van der Waals surface area (Å²) in [5.74, 6) is -4.83. The number of rotatable bonds is 16. The van der Waals surface area contributed by atoms with E-state index in [2.05, 4.69) is 20.1 Å². The van der Waals surface area contributed by atoms with Crippen molar-refractivity contribution in [1.29, 1.82) is 0 Å². The Bertz CT molecular complexity index is 2360. The van der Waals surface area contributed by atoms with E-state index in [1.54, 1.807) is 21.9 Å². The molecule has 2 aromatic heterocycles. The molecular weight excluding hydrogens is 923 g/mol. The largest absolute Gasteiger partial charge is 0.573 e. The zero-order valence-electron chi connectivity index (χ0n) is 35.6. The van der Waals surface area contributed by atoms with Crippen molar-refractivity contribution >= 4 is 68.0 Å². The summed E-state index contributed by atoms with van der Waals surface area (Å²) >= 11 is 2.54. The van der Waals surface area contributed by atoms with E-state index in [0.717, 1.165) is 34.0 Å². The average Bonchev–Trinajstić information content (AvgIpc) is 3.86. The van der Waals surface area contributed by atoms with Crippen molar-refractivity contribution in [2.45, 2.75) is 65.1 Å². The van der Waals surface area contributed by atoms with Crippen molar-refractivity contribution < 1.29 is 74.8 Å². The lowest BCUT2D eigenvalue weighted by Crippen LogP contribution is -2.42. The monoisotopic (exact) mass is 968 g/mol. The van der Waals surface area contributed by atoms with Gasteiger partial charge < -0.3 is 30.3 Å². The predicted molar refractivity (Wildman–Crippen MR) is 231 cm³/mol. The van der Waals surface area contributed by atoms with E-state index in [0.29, 0.717) is 74.7 Å². The molecule has 2 saturated heterocycles. The molecule has 0 spiro atoms. The molecule has 14 nitrogen and oxygen atoms in total.